The Kier molecular flexibility index (Phi) is 2.92. The van der Waals surface area contributed by atoms with Crippen LogP contribution in [0.1, 0.15) is 20.7 Å². The quantitative estimate of drug-likeness (QED) is 0.579. The maximum Gasteiger partial charge on any atom is 0.150 e. The molecule has 0 bridgehead atoms. The minimum atomic E-state index is 0.594. The summed E-state index contributed by atoms with van der Waals surface area (Å²) in [7, 11) is 0. The maximum absolute atomic E-state index is 10.9. The third-order valence-corrected chi connectivity index (χ3v) is 2.47. The lowest BCUT2D eigenvalue weighted by Crippen LogP contribution is -1.91. The van der Waals surface area contributed by atoms with E-state index >= 15 is 0 Å². The Morgan fingerprint density at radius 1 is 0.625 bits per heavy atom. The number of hydrogen-bond donors (Lipinski definition) is 0. The Bertz CT molecular complexity index is 480. The molecule has 2 nitrogen and oxygen atoms in total. The largest absolute Gasteiger partial charge is 0.298 e. The van der Waals surface area contributed by atoms with Crippen LogP contribution in [0, 0.1) is 0 Å². The van der Waals surface area contributed by atoms with Crippen molar-refractivity contribution in [1.82, 2.24) is 0 Å². The topological polar surface area (TPSA) is 34.1 Å². The molecule has 0 heterocycles. The van der Waals surface area contributed by atoms with Crippen LogP contribution in [-0.4, -0.2) is 12.6 Å². The van der Waals surface area contributed by atoms with E-state index in [1.807, 2.05) is 24.3 Å². The molecule has 0 aliphatic heterocycles. The molecule has 16 heavy (non-hydrogen) atoms. The first kappa shape index (κ1) is 10.3. The number of aldehydes is 2. The summed E-state index contributed by atoms with van der Waals surface area (Å²) in [5.74, 6) is 0. The normalized spacial score (nSPS) is 9.75. The van der Waals surface area contributed by atoms with Crippen LogP contribution >= 0.6 is 0 Å². The first-order valence-electron chi connectivity index (χ1n) is 4.95. The molecule has 0 spiro atoms. The summed E-state index contributed by atoms with van der Waals surface area (Å²) in [4.78, 5) is 21.8. The highest BCUT2D eigenvalue weighted by Crippen LogP contribution is 2.25. The van der Waals surface area contributed by atoms with Gasteiger partial charge in [-0.25, -0.2) is 0 Å². The number of carbonyl (C=O) groups is 2. The van der Waals surface area contributed by atoms with Crippen molar-refractivity contribution in [2.75, 3.05) is 0 Å². The molecule has 0 atom stereocenters. The number of hydrogen-bond acceptors (Lipinski definition) is 2. The van der Waals surface area contributed by atoms with Crippen molar-refractivity contribution in [2.24, 2.45) is 0 Å². The maximum atomic E-state index is 10.9. The Hall–Kier alpha value is -2.22. The molecule has 0 aliphatic rings. The van der Waals surface area contributed by atoms with Gasteiger partial charge in [-0.05, 0) is 11.1 Å². The van der Waals surface area contributed by atoms with Gasteiger partial charge in [-0.1, -0.05) is 48.5 Å². The van der Waals surface area contributed by atoms with Crippen molar-refractivity contribution in [3.05, 3.63) is 59.7 Å². The highest BCUT2D eigenvalue weighted by atomic mass is 16.2. The fourth-order valence-electron chi connectivity index (χ4n) is 1.69. The average molecular weight is 212 g/mol. The summed E-state index contributed by atoms with van der Waals surface area (Å²) < 4.78 is 0. The number of carbonyl (C=O) groups excluding carboxylic acids is 2. The molecule has 2 rings (SSSR count). The van der Waals surface area contributed by atoms with Gasteiger partial charge >= 0.3 is 0 Å². The van der Waals surface area contributed by atoms with Crippen molar-refractivity contribution < 1.29 is 9.59 Å². The van der Waals surface area contributed by atoms with E-state index in [0.29, 0.717) is 11.1 Å². The lowest BCUT2D eigenvalue weighted by atomic mass is 10.0. The third kappa shape index (κ3) is 1.77. The van der Waals surface area contributed by atoms with Crippen molar-refractivity contribution in [1.29, 1.82) is 0 Å². The highest BCUT2D eigenvalue weighted by Gasteiger charge is 2.07. The molecule has 0 aromatic heterocycles. The molecule has 2 aromatic carbocycles. The van der Waals surface area contributed by atoms with Crippen molar-refractivity contribution in [3.63, 3.8) is 0 Å². The van der Waals surface area contributed by atoms with Gasteiger partial charge in [-0.3, -0.25) is 9.59 Å². The minimum absolute atomic E-state index is 0.594. The van der Waals surface area contributed by atoms with Crippen LogP contribution in [0.3, 0.4) is 0 Å². The predicted molar refractivity (Wildman–Crippen MR) is 62.7 cm³/mol. The molecule has 0 amide bonds. The first-order valence-corrected chi connectivity index (χ1v) is 4.95. The Morgan fingerprint density at radius 2 is 1.00 bits per heavy atom. The van der Waals surface area contributed by atoms with Crippen molar-refractivity contribution in [3.8, 4) is 11.1 Å². The van der Waals surface area contributed by atoms with Gasteiger partial charge in [-0.2, -0.15) is 0 Å². The van der Waals surface area contributed by atoms with Crippen molar-refractivity contribution in [2.45, 2.75) is 0 Å². The second-order valence-electron chi connectivity index (χ2n) is 3.41. The Morgan fingerprint density at radius 3 is 1.38 bits per heavy atom. The second-order valence-corrected chi connectivity index (χ2v) is 3.41. The fraction of sp³-hybridized carbons (Fsp3) is 0. The molecule has 0 fully saturated rings. The van der Waals surface area contributed by atoms with Crippen LogP contribution in [0.4, 0.5) is 0 Å². The fourth-order valence-corrected chi connectivity index (χ4v) is 1.69. The summed E-state index contributed by atoms with van der Waals surface area (Å²) in [6.07, 6.45) is 1.60. The zero-order chi connectivity index (χ0) is 11.4. The molecular weight excluding hydrogens is 202 g/mol. The van der Waals surface area contributed by atoms with Gasteiger partial charge in [0.05, 0.1) is 0 Å². The molecule has 0 N–H and O–H groups in total. The zero-order valence-corrected chi connectivity index (χ0v) is 8.59. The highest BCUT2D eigenvalue weighted by molar-refractivity contribution is 5.94. The molecule has 0 aliphatic carbocycles. The van der Waals surface area contributed by atoms with E-state index in [-0.39, 0.29) is 0 Å². The smallest absolute Gasteiger partial charge is 0.150 e. The second kappa shape index (κ2) is 4.53. The predicted octanol–water partition coefficient (Wildman–Crippen LogP) is 2.98. The molecule has 78 valence electrons. The summed E-state index contributed by atoms with van der Waals surface area (Å²) in [5, 5.41) is 0. The van der Waals surface area contributed by atoms with Crippen LogP contribution in [0.5, 0.6) is 0 Å². The average Bonchev–Trinajstić information content (AvgIpc) is 2.38. The SMILES string of the molecule is O=[13CH]c1ccccc1-c1ccccc1[13CH]=O. The summed E-state index contributed by atoms with van der Waals surface area (Å²) in [6.45, 7) is 0. The van der Waals surface area contributed by atoms with Gasteiger partial charge in [0, 0.05) is 11.1 Å². The van der Waals surface area contributed by atoms with Crippen LogP contribution in [0.25, 0.3) is 11.1 Å². The van der Waals surface area contributed by atoms with Gasteiger partial charge in [-0.15, -0.1) is 0 Å². The molecular formula is C14H10O2. The molecule has 0 saturated heterocycles. The van der Waals surface area contributed by atoms with E-state index in [9.17, 15) is 9.59 Å². The monoisotopic (exact) mass is 212 g/mol. The van der Waals surface area contributed by atoms with E-state index < -0.39 is 0 Å². The van der Waals surface area contributed by atoms with Gasteiger partial charge in [0.2, 0.25) is 0 Å². The summed E-state index contributed by atoms with van der Waals surface area (Å²) >= 11 is 0. The van der Waals surface area contributed by atoms with Gasteiger partial charge in [0.1, 0.15) is 0 Å². The van der Waals surface area contributed by atoms with E-state index in [0.717, 1.165) is 23.7 Å². The summed E-state index contributed by atoms with van der Waals surface area (Å²) in [6, 6.07) is 14.5. The van der Waals surface area contributed by atoms with Crippen LogP contribution in [-0.2, 0) is 0 Å². The van der Waals surface area contributed by atoms with E-state index in [4.69, 9.17) is 0 Å². The molecule has 0 radical (unpaired) electrons. The standard InChI is InChI=1S/C14H10O2/c15-9-11-5-1-3-7-13(11)14-8-4-2-6-12(14)10-16/h1-10H/i9+1,10+1. The van der Waals surface area contributed by atoms with Crippen LogP contribution < -0.4 is 0 Å². The van der Waals surface area contributed by atoms with E-state index in [1.54, 1.807) is 24.3 Å². The molecule has 2 aromatic rings. The van der Waals surface area contributed by atoms with Gasteiger partial charge in [0.15, 0.2) is 12.6 Å². The van der Waals surface area contributed by atoms with Crippen molar-refractivity contribution >= 4 is 12.6 Å². The van der Waals surface area contributed by atoms with E-state index in [2.05, 4.69) is 0 Å². The molecule has 2 heteroatoms. The Labute approximate surface area is 93.5 Å². The summed E-state index contributed by atoms with van der Waals surface area (Å²) in [5.41, 5.74) is 2.77. The zero-order valence-electron chi connectivity index (χ0n) is 8.59. The lowest BCUT2D eigenvalue weighted by molar-refractivity contribution is 0.111. The van der Waals surface area contributed by atoms with Crippen LogP contribution in [0.2, 0.25) is 0 Å². The minimum Gasteiger partial charge on any atom is -0.298 e. The molecule has 0 unspecified atom stereocenters. The number of rotatable bonds is 3. The van der Waals surface area contributed by atoms with Gasteiger partial charge < -0.3 is 0 Å². The van der Waals surface area contributed by atoms with E-state index in [1.165, 1.54) is 0 Å². The van der Waals surface area contributed by atoms with Crippen LogP contribution in [0.15, 0.2) is 48.5 Å². The molecule has 0 saturated carbocycles. The number of benzene rings is 2. The van der Waals surface area contributed by atoms with Gasteiger partial charge in [0.25, 0.3) is 0 Å². The third-order valence-electron chi connectivity index (χ3n) is 2.47. The Balaban J connectivity index is 2.67. The lowest BCUT2D eigenvalue weighted by Gasteiger charge is -2.06. The first-order chi connectivity index (χ1) is 7.86.